The highest BCUT2D eigenvalue weighted by atomic mass is 32.2. The van der Waals surface area contributed by atoms with Gasteiger partial charge in [0.25, 0.3) is 5.76 Å². The smallest absolute Gasteiger partial charge is 0.319 e. The molecule has 9 heteroatoms. The van der Waals surface area contributed by atoms with Crippen molar-refractivity contribution in [1.82, 2.24) is 20.1 Å². The molecule has 23 heavy (non-hydrogen) atoms. The molecule has 0 spiro atoms. The predicted molar refractivity (Wildman–Crippen MR) is 84.7 cm³/mol. The van der Waals surface area contributed by atoms with Crippen LogP contribution in [0.25, 0.3) is 0 Å². The van der Waals surface area contributed by atoms with E-state index in [0.29, 0.717) is 35.4 Å². The Hall–Kier alpha value is -2.16. The third-order valence-electron chi connectivity index (χ3n) is 3.00. The van der Waals surface area contributed by atoms with E-state index in [2.05, 4.69) is 20.8 Å². The molecule has 2 rings (SSSR count). The second kappa shape index (κ2) is 8.47. The molecule has 0 fully saturated rings. The summed E-state index contributed by atoms with van der Waals surface area (Å²) in [6, 6.07) is 6.00. The molecule has 0 saturated heterocycles. The number of thioether (sulfide) groups is 1. The first kappa shape index (κ1) is 17.2. The Labute approximate surface area is 136 Å². The van der Waals surface area contributed by atoms with Crippen LogP contribution in [0.2, 0.25) is 0 Å². The summed E-state index contributed by atoms with van der Waals surface area (Å²) >= 11 is 0.397. The Balaban J connectivity index is 1.85. The molecule has 1 heterocycles. The number of hydrogen-bond acceptors (Lipinski definition) is 4. The minimum absolute atomic E-state index is 0.324. The molecule has 6 nitrogen and oxygen atoms in total. The average Bonchev–Trinajstić information content (AvgIpc) is 2.96. The first-order valence-electron chi connectivity index (χ1n) is 7.05. The number of hydrogen-bond donors (Lipinski definition) is 2. The van der Waals surface area contributed by atoms with Gasteiger partial charge in [0.2, 0.25) is 0 Å². The molecule has 0 atom stereocenters. The van der Waals surface area contributed by atoms with Gasteiger partial charge in [-0.1, -0.05) is 30.8 Å². The molecule has 2 N–H and O–H groups in total. The monoisotopic (exact) mass is 341 g/mol. The van der Waals surface area contributed by atoms with Crippen LogP contribution in [0.5, 0.6) is 0 Å². The summed E-state index contributed by atoms with van der Waals surface area (Å²) in [4.78, 5) is 12.2. The van der Waals surface area contributed by atoms with Crippen LogP contribution >= 0.6 is 11.8 Å². The maximum absolute atomic E-state index is 12.5. The molecule has 0 aliphatic heterocycles. The van der Waals surface area contributed by atoms with Gasteiger partial charge in [-0.25, -0.2) is 4.79 Å². The largest absolute Gasteiger partial charge is 0.336 e. The molecule has 0 aliphatic rings. The van der Waals surface area contributed by atoms with Crippen LogP contribution in [0.15, 0.2) is 35.5 Å². The van der Waals surface area contributed by atoms with Gasteiger partial charge >= 0.3 is 6.03 Å². The normalized spacial score (nSPS) is 10.8. The Bertz CT molecular complexity index is 650. The van der Waals surface area contributed by atoms with Gasteiger partial charge in [0, 0.05) is 24.4 Å². The number of aromatic nitrogens is 3. The number of nitrogens with zero attached hydrogens (tertiary/aromatic N) is 3. The van der Waals surface area contributed by atoms with E-state index >= 15 is 0 Å². The number of aryl methyl sites for hydroxylation is 1. The fourth-order valence-electron chi connectivity index (χ4n) is 1.96. The molecule has 0 radical (unpaired) electrons. The van der Waals surface area contributed by atoms with E-state index in [9.17, 15) is 13.6 Å². The van der Waals surface area contributed by atoms with Crippen molar-refractivity contribution in [3.8, 4) is 0 Å². The van der Waals surface area contributed by atoms with Crippen LogP contribution in [0.1, 0.15) is 12.7 Å². The lowest BCUT2D eigenvalue weighted by Gasteiger charge is -2.12. The highest BCUT2D eigenvalue weighted by molar-refractivity contribution is 7.99. The van der Waals surface area contributed by atoms with Gasteiger partial charge in [0.15, 0.2) is 0 Å². The number of carbonyl (C=O) groups is 1. The molecule has 1 aromatic carbocycles. The second-order valence-electron chi connectivity index (χ2n) is 4.55. The molecular formula is C14H17F2N5OS. The third-order valence-corrected chi connectivity index (χ3v) is 3.79. The van der Waals surface area contributed by atoms with E-state index in [1.54, 1.807) is 24.5 Å². The van der Waals surface area contributed by atoms with Crippen LogP contribution in [0.4, 0.5) is 19.3 Å². The minimum Gasteiger partial charge on any atom is -0.336 e. The Kier molecular flexibility index (Phi) is 6.33. The fourth-order valence-corrected chi connectivity index (χ4v) is 2.56. The van der Waals surface area contributed by atoms with Gasteiger partial charge in [-0.2, -0.15) is 8.78 Å². The van der Waals surface area contributed by atoms with Crippen LogP contribution in [0, 0.1) is 0 Å². The number of carbonyl (C=O) groups excluding carboxylic acids is 1. The van der Waals surface area contributed by atoms with Crippen molar-refractivity contribution in [2.45, 2.75) is 30.5 Å². The third kappa shape index (κ3) is 5.20. The molecule has 0 bridgehead atoms. The molecule has 0 unspecified atom stereocenters. The summed E-state index contributed by atoms with van der Waals surface area (Å²) < 4.78 is 26.8. The molecular weight excluding hydrogens is 324 g/mol. The molecule has 2 aromatic rings. The summed E-state index contributed by atoms with van der Waals surface area (Å²) in [6.45, 7) is 2.89. The summed E-state index contributed by atoms with van der Waals surface area (Å²) in [5, 5.41) is 13.0. The number of alkyl halides is 2. The van der Waals surface area contributed by atoms with Crippen LogP contribution < -0.4 is 10.6 Å². The van der Waals surface area contributed by atoms with E-state index in [-0.39, 0.29) is 0 Å². The Morgan fingerprint density at radius 1 is 1.39 bits per heavy atom. The first-order chi connectivity index (χ1) is 11.1. The fraction of sp³-hybridized carbons (Fsp3) is 0.357. The zero-order valence-electron chi connectivity index (χ0n) is 12.5. The maximum atomic E-state index is 12.5. The van der Waals surface area contributed by atoms with E-state index in [1.807, 2.05) is 11.5 Å². The number of rotatable bonds is 7. The van der Waals surface area contributed by atoms with Crippen molar-refractivity contribution in [2.75, 3.05) is 11.9 Å². The second-order valence-corrected chi connectivity index (χ2v) is 5.58. The van der Waals surface area contributed by atoms with Crippen molar-refractivity contribution in [3.63, 3.8) is 0 Å². The quantitative estimate of drug-likeness (QED) is 0.760. The Morgan fingerprint density at radius 3 is 2.91 bits per heavy atom. The lowest BCUT2D eigenvalue weighted by Crippen LogP contribution is -2.31. The van der Waals surface area contributed by atoms with Gasteiger partial charge in [-0.3, -0.25) is 0 Å². The van der Waals surface area contributed by atoms with Crippen LogP contribution in [0.3, 0.4) is 0 Å². The lowest BCUT2D eigenvalue weighted by atomic mass is 10.3. The predicted octanol–water partition coefficient (Wildman–Crippen LogP) is 2.98. The number of urea groups is 1. The molecule has 124 valence electrons. The average molecular weight is 341 g/mol. The van der Waals surface area contributed by atoms with E-state index in [0.717, 1.165) is 12.2 Å². The topological polar surface area (TPSA) is 71.8 Å². The van der Waals surface area contributed by atoms with Crippen molar-refractivity contribution in [1.29, 1.82) is 0 Å². The van der Waals surface area contributed by atoms with Gasteiger partial charge in [0.05, 0.1) is 5.69 Å². The van der Waals surface area contributed by atoms with Gasteiger partial charge in [-0.05, 0) is 12.1 Å². The molecule has 0 aliphatic carbocycles. The Morgan fingerprint density at radius 2 is 2.17 bits per heavy atom. The van der Waals surface area contributed by atoms with E-state index in [1.165, 1.54) is 6.07 Å². The van der Waals surface area contributed by atoms with E-state index in [4.69, 9.17) is 0 Å². The number of benzene rings is 1. The van der Waals surface area contributed by atoms with Gasteiger partial charge in [0.1, 0.15) is 12.2 Å². The van der Waals surface area contributed by atoms with Gasteiger partial charge in [-0.15, -0.1) is 10.2 Å². The standard InChI is InChI=1S/C14H17F2N5OS/c1-2-12-20-18-9-21(12)8-7-17-14(22)19-10-5-3-4-6-11(10)23-13(15)16/h3-6,9,13H,2,7-8H2,1H3,(H2,17,19,22). The highest BCUT2D eigenvalue weighted by Gasteiger charge is 2.11. The lowest BCUT2D eigenvalue weighted by molar-refractivity contribution is 0.250. The number of halogens is 2. The molecule has 1 aromatic heterocycles. The van der Waals surface area contributed by atoms with Crippen LogP contribution in [-0.4, -0.2) is 33.1 Å². The maximum Gasteiger partial charge on any atom is 0.319 e. The van der Waals surface area contributed by atoms with Crippen molar-refractivity contribution >= 4 is 23.5 Å². The van der Waals surface area contributed by atoms with Gasteiger partial charge < -0.3 is 15.2 Å². The first-order valence-corrected chi connectivity index (χ1v) is 7.93. The van der Waals surface area contributed by atoms with Crippen molar-refractivity contribution in [3.05, 3.63) is 36.4 Å². The van der Waals surface area contributed by atoms with Crippen molar-refractivity contribution in [2.24, 2.45) is 0 Å². The summed E-state index contributed by atoms with van der Waals surface area (Å²) in [5.41, 5.74) is 0.355. The molecule has 0 saturated carbocycles. The number of nitrogens with one attached hydrogen (secondary N) is 2. The summed E-state index contributed by atoms with van der Waals surface area (Å²) in [6.07, 6.45) is 2.36. The molecule has 2 amide bonds. The summed E-state index contributed by atoms with van der Waals surface area (Å²) in [7, 11) is 0. The van der Waals surface area contributed by atoms with Crippen molar-refractivity contribution < 1.29 is 13.6 Å². The number of amides is 2. The SMILES string of the molecule is CCc1nncn1CCNC(=O)Nc1ccccc1SC(F)F. The van der Waals surface area contributed by atoms with E-state index < -0.39 is 11.8 Å². The zero-order valence-corrected chi connectivity index (χ0v) is 13.3. The number of anilines is 1. The number of para-hydroxylation sites is 1. The summed E-state index contributed by atoms with van der Waals surface area (Å²) in [5.74, 6) is -1.70. The zero-order chi connectivity index (χ0) is 16.7. The van der Waals surface area contributed by atoms with Crippen LogP contribution in [-0.2, 0) is 13.0 Å². The highest BCUT2D eigenvalue weighted by Crippen LogP contribution is 2.31. The minimum atomic E-state index is -2.54.